The van der Waals surface area contributed by atoms with E-state index in [9.17, 15) is 13.6 Å². The van der Waals surface area contributed by atoms with Gasteiger partial charge in [0, 0.05) is 6.42 Å². The highest BCUT2D eigenvalue weighted by Gasteiger charge is 2.19. The van der Waals surface area contributed by atoms with Crippen LogP contribution in [0.4, 0.5) is 8.78 Å². The number of rotatable bonds is 10. The third-order valence-corrected chi connectivity index (χ3v) is 2.30. The first-order valence-electron chi connectivity index (χ1n) is 6.71. The summed E-state index contributed by atoms with van der Waals surface area (Å²) in [6.45, 7) is 2.09. The van der Waals surface area contributed by atoms with Crippen molar-refractivity contribution in [1.29, 1.82) is 0 Å². The van der Waals surface area contributed by atoms with E-state index in [1.165, 1.54) is 0 Å². The molecule has 1 atom stereocenters. The van der Waals surface area contributed by atoms with Crippen LogP contribution in [0.5, 0.6) is 0 Å². The molecule has 0 aliphatic heterocycles. The van der Waals surface area contributed by atoms with E-state index < -0.39 is 18.7 Å². The number of unbranched alkanes of at least 4 members (excludes halogenated alkanes) is 2. The summed E-state index contributed by atoms with van der Waals surface area (Å²) in [5.74, 6) is -1.71. The smallest absolute Gasteiger partial charge is 0.376 e. The number of hydrogen-bond acceptors (Lipinski definition) is 3. The molecule has 0 aromatic carbocycles. The Hall–Kier alpha value is -1.49. The van der Waals surface area contributed by atoms with Crippen molar-refractivity contribution < 1.29 is 23.4 Å². The normalized spacial score (nSPS) is 13.8. The summed E-state index contributed by atoms with van der Waals surface area (Å²) in [5, 5.41) is 9.13. The Bertz CT molecular complexity index is 336. The van der Waals surface area contributed by atoms with E-state index in [1.807, 2.05) is 12.2 Å². The molecule has 0 aliphatic rings. The van der Waals surface area contributed by atoms with Gasteiger partial charge in [0.25, 0.3) is 0 Å². The number of carbonyl (C=O) groups is 1. The van der Waals surface area contributed by atoms with Crippen LogP contribution in [0.1, 0.15) is 39.0 Å². The Morgan fingerprint density at radius 3 is 2.45 bits per heavy atom. The van der Waals surface area contributed by atoms with E-state index in [0.29, 0.717) is 0 Å². The molecule has 0 fully saturated rings. The summed E-state index contributed by atoms with van der Waals surface area (Å²) in [7, 11) is 0. The quantitative estimate of drug-likeness (QED) is 0.219. The summed E-state index contributed by atoms with van der Waals surface area (Å²) in [6, 6.07) is 0. The van der Waals surface area contributed by atoms with Gasteiger partial charge in [-0.2, -0.15) is 8.78 Å². The van der Waals surface area contributed by atoms with Crippen molar-refractivity contribution in [3.05, 3.63) is 36.5 Å². The Morgan fingerprint density at radius 2 is 1.80 bits per heavy atom. The number of allylic oxidation sites excluding steroid dienone is 5. The Balaban J connectivity index is 3.64. The Labute approximate surface area is 118 Å². The minimum absolute atomic E-state index is 0.0119. The van der Waals surface area contributed by atoms with E-state index in [0.717, 1.165) is 25.7 Å². The summed E-state index contributed by atoms with van der Waals surface area (Å²) >= 11 is 0. The van der Waals surface area contributed by atoms with Crippen molar-refractivity contribution in [2.75, 3.05) is 0 Å². The zero-order valence-electron chi connectivity index (χ0n) is 11.7. The van der Waals surface area contributed by atoms with Gasteiger partial charge in [-0.15, -0.1) is 0 Å². The van der Waals surface area contributed by atoms with E-state index in [4.69, 9.17) is 5.11 Å². The zero-order chi connectivity index (χ0) is 15.2. The number of aliphatic hydroxyl groups is 1. The standard InChI is InChI=1S/C15H22F2O3/c1-2-3-4-5-6-7-8-9-10-11-12-13(18)20-15(19)14(16)17/h3-4,8-11,13-14,18H,2,5-7,12H2,1H3/b4-3+,9-8+,11-10+. The van der Waals surface area contributed by atoms with Crippen molar-refractivity contribution in [2.45, 2.75) is 51.7 Å². The monoisotopic (exact) mass is 288 g/mol. The molecule has 0 saturated heterocycles. The van der Waals surface area contributed by atoms with Gasteiger partial charge in [0.2, 0.25) is 6.29 Å². The third-order valence-electron chi connectivity index (χ3n) is 2.30. The summed E-state index contributed by atoms with van der Waals surface area (Å²) in [4.78, 5) is 10.5. The molecule has 0 bridgehead atoms. The van der Waals surface area contributed by atoms with Crippen molar-refractivity contribution >= 4 is 5.97 Å². The first-order chi connectivity index (χ1) is 9.57. The summed E-state index contributed by atoms with van der Waals surface area (Å²) < 4.78 is 27.7. The maximum absolute atomic E-state index is 11.8. The molecule has 0 aromatic heterocycles. The predicted octanol–water partition coefficient (Wildman–Crippen LogP) is 3.75. The minimum atomic E-state index is -3.21. The van der Waals surface area contributed by atoms with Crippen molar-refractivity contribution in [2.24, 2.45) is 0 Å². The highest BCUT2D eigenvalue weighted by molar-refractivity contribution is 5.72. The van der Waals surface area contributed by atoms with Gasteiger partial charge in [0.05, 0.1) is 0 Å². The number of halogens is 2. The fourth-order valence-corrected chi connectivity index (χ4v) is 1.32. The summed E-state index contributed by atoms with van der Waals surface area (Å²) in [6.07, 6.45) is 10.7. The maximum Gasteiger partial charge on any atom is 0.376 e. The maximum atomic E-state index is 11.8. The number of aliphatic hydroxyl groups excluding tert-OH is 1. The lowest BCUT2D eigenvalue weighted by molar-refractivity contribution is -0.179. The van der Waals surface area contributed by atoms with Crippen molar-refractivity contribution in [1.82, 2.24) is 0 Å². The van der Waals surface area contributed by atoms with Gasteiger partial charge in [-0.25, -0.2) is 4.79 Å². The van der Waals surface area contributed by atoms with Crippen LogP contribution in [0, 0.1) is 0 Å². The molecule has 0 amide bonds. The molecule has 0 aromatic rings. The topological polar surface area (TPSA) is 46.5 Å². The molecule has 3 nitrogen and oxygen atoms in total. The minimum Gasteiger partial charge on any atom is -0.431 e. The van der Waals surface area contributed by atoms with Crippen LogP contribution < -0.4 is 0 Å². The van der Waals surface area contributed by atoms with Crippen LogP contribution in [0.3, 0.4) is 0 Å². The average molecular weight is 288 g/mol. The molecule has 1 N–H and O–H groups in total. The Morgan fingerprint density at radius 1 is 1.15 bits per heavy atom. The van der Waals surface area contributed by atoms with Gasteiger partial charge < -0.3 is 9.84 Å². The molecule has 5 heteroatoms. The van der Waals surface area contributed by atoms with Gasteiger partial charge in [-0.3, -0.25) is 0 Å². The largest absolute Gasteiger partial charge is 0.431 e. The van der Waals surface area contributed by atoms with E-state index in [-0.39, 0.29) is 6.42 Å². The number of alkyl halides is 2. The zero-order valence-corrected chi connectivity index (χ0v) is 11.7. The number of esters is 1. The lowest BCUT2D eigenvalue weighted by atomic mass is 10.2. The second-order valence-electron chi connectivity index (χ2n) is 4.09. The lowest BCUT2D eigenvalue weighted by Crippen LogP contribution is -2.22. The molecule has 20 heavy (non-hydrogen) atoms. The van der Waals surface area contributed by atoms with Crippen molar-refractivity contribution in [3.63, 3.8) is 0 Å². The number of carbonyl (C=O) groups excluding carboxylic acids is 1. The average Bonchev–Trinajstić information content (AvgIpc) is 2.40. The fourth-order valence-electron chi connectivity index (χ4n) is 1.32. The Kier molecular flexibility index (Phi) is 11.6. The number of ether oxygens (including phenoxy) is 1. The van der Waals surface area contributed by atoms with Gasteiger partial charge in [-0.05, 0) is 25.7 Å². The highest BCUT2D eigenvalue weighted by atomic mass is 19.3. The van der Waals surface area contributed by atoms with Crippen LogP contribution in [0.2, 0.25) is 0 Å². The van der Waals surface area contributed by atoms with Gasteiger partial charge >= 0.3 is 12.4 Å². The molecular formula is C15H22F2O3. The fraction of sp³-hybridized carbons (Fsp3) is 0.533. The van der Waals surface area contributed by atoms with E-state index in [2.05, 4.69) is 23.8 Å². The first kappa shape index (κ1) is 18.5. The predicted molar refractivity (Wildman–Crippen MR) is 74.3 cm³/mol. The molecule has 114 valence electrons. The third kappa shape index (κ3) is 11.6. The van der Waals surface area contributed by atoms with Crippen LogP contribution >= 0.6 is 0 Å². The second-order valence-corrected chi connectivity index (χ2v) is 4.09. The molecule has 0 saturated carbocycles. The van der Waals surface area contributed by atoms with Crippen molar-refractivity contribution in [3.8, 4) is 0 Å². The molecule has 0 rings (SSSR count). The SMILES string of the molecule is CC/C=C/CCC/C=C/C=C/CC(O)OC(=O)C(F)F. The van der Waals surface area contributed by atoms with Crippen LogP contribution in [0.15, 0.2) is 36.5 Å². The molecule has 0 aliphatic carbocycles. The molecular weight excluding hydrogens is 266 g/mol. The van der Waals surface area contributed by atoms with Crippen LogP contribution in [-0.4, -0.2) is 23.8 Å². The van der Waals surface area contributed by atoms with Crippen LogP contribution in [0.25, 0.3) is 0 Å². The lowest BCUT2D eigenvalue weighted by Gasteiger charge is -2.08. The van der Waals surface area contributed by atoms with E-state index in [1.54, 1.807) is 12.2 Å². The van der Waals surface area contributed by atoms with Crippen LogP contribution in [-0.2, 0) is 9.53 Å². The summed E-state index contributed by atoms with van der Waals surface area (Å²) in [5.41, 5.74) is 0. The molecule has 0 heterocycles. The second kappa shape index (κ2) is 12.5. The van der Waals surface area contributed by atoms with Gasteiger partial charge in [0.15, 0.2) is 0 Å². The molecule has 0 spiro atoms. The van der Waals surface area contributed by atoms with Gasteiger partial charge in [-0.1, -0.05) is 43.4 Å². The number of hydrogen-bond donors (Lipinski definition) is 1. The van der Waals surface area contributed by atoms with E-state index >= 15 is 0 Å². The molecule has 0 radical (unpaired) electrons. The first-order valence-corrected chi connectivity index (χ1v) is 6.71. The highest BCUT2D eigenvalue weighted by Crippen LogP contribution is 2.03. The molecule has 1 unspecified atom stereocenters. The van der Waals surface area contributed by atoms with Gasteiger partial charge in [0.1, 0.15) is 0 Å².